The number of alkyl halides is 3. The highest BCUT2D eigenvalue weighted by atomic mass is 35.5. The van der Waals surface area contributed by atoms with Gasteiger partial charge in [0.1, 0.15) is 0 Å². The van der Waals surface area contributed by atoms with Crippen molar-refractivity contribution in [2.75, 3.05) is 43.0 Å². The summed E-state index contributed by atoms with van der Waals surface area (Å²) in [5.74, 6) is -0.374. The fraction of sp³-hybridized carbons (Fsp3) is 0.214. The number of amides is 2. The van der Waals surface area contributed by atoms with Crippen LogP contribution in [-0.4, -0.2) is 49.9 Å². The monoisotopic (exact) mass is 557 g/mol. The maximum atomic E-state index is 13.3. The van der Waals surface area contributed by atoms with Crippen LogP contribution in [0.2, 0.25) is 5.02 Å². The Labute approximate surface area is 227 Å². The average Bonchev–Trinajstić information content (AvgIpc) is 2.92. The molecule has 5 rings (SSSR count). The zero-order valence-electron chi connectivity index (χ0n) is 20.3. The summed E-state index contributed by atoms with van der Waals surface area (Å²) in [5.41, 5.74) is 1.64. The van der Waals surface area contributed by atoms with Crippen LogP contribution in [-0.2, 0) is 11.0 Å². The van der Waals surface area contributed by atoms with Crippen molar-refractivity contribution in [1.82, 2.24) is 4.90 Å². The topological polar surface area (TPSA) is 43.9 Å². The number of benzene rings is 3. The number of carbonyl (C=O) groups excluding carboxylic acids is 2. The molecule has 3 aromatic carbocycles. The van der Waals surface area contributed by atoms with Crippen LogP contribution in [0.15, 0.2) is 76.5 Å². The number of rotatable bonds is 3. The van der Waals surface area contributed by atoms with Crippen molar-refractivity contribution in [2.24, 2.45) is 0 Å². The highest BCUT2D eigenvalue weighted by molar-refractivity contribution is 8.04. The molecule has 1 saturated heterocycles. The molecule has 2 amide bonds. The molecule has 2 aliphatic heterocycles. The maximum Gasteiger partial charge on any atom is 0.416 e. The third-order valence-corrected chi connectivity index (χ3v) is 8.02. The number of nitrogens with zero attached hydrogens (tertiary/aromatic N) is 3. The van der Waals surface area contributed by atoms with Crippen LogP contribution >= 0.6 is 23.4 Å². The van der Waals surface area contributed by atoms with E-state index in [0.717, 1.165) is 22.6 Å². The van der Waals surface area contributed by atoms with Crippen LogP contribution in [0.3, 0.4) is 0 Å². The summed E-state index contributed by atoms with van der Waals surface area (Å²) in [6.45, 7) is 1.59. The van der Waals surface area contributed by atoms with Gasteiger partial charge in [-0.05, 0) is 54.1 Å². The number of carbonyl (C=O) groups is 2. The summed E-state index contributed by atoms with van der Waals surface area (Å²) in [6.07, 6.45) is -2.64. The second-order valence-electron chi connectivity index (χ2n) is 9.01. The van der Waals surface area contributed by atoms with Crippen molar-refractivity contribution in [1.29, 1.82) is 0 Å². The Hall–Kier alpha value is -3.43. The van der Waals surface area contributed by atoms with Crippen LogP contribution in [0.25, 0.3) is 6.08 Å². The van der Waals surface area contributed by atoms with E-state index >= 15 is 0 Å². The van der Waals surface area contributed by atoms with Crippen LogP contribution in [0.1, 0.15) is 21.5 Å². The first kappa shape index (κ1) is 26.2. The highest BCUT2D eigenvalue weighted by Gasteiger charge is 2.32. The Balaban J connectivity index is 1.29. The van der Waals surface area contributed by atoms with Gasteiger partial charge in [-0.3, -0.25) is 9.59 Å². The standard InChI is InChI=1S/C28H23ClF3N3O2S/c1-33-23-15-19(9-10-24(23)38-25(27(33)37)16-18-5-2-3-8-22(18)29)26(36)35-13-11-34(12-14-35)21-7-4-6-20(17-21)28(30,31)32/h2-10,15-17H,11-14H2,1H3. The van der Waals surface area contributed by atoms with Crippen molar-refractivity contribution < 1.29 is 22.8 Å². The van der Waals surface area contributed by atoms with Gasteiger partial charge in [-0.1, -0.05) is 47.6 Å². The van der Waals surface area contributed by atoms with Gasteiger partial charge in [0.2, 0.25) is 0 Å². The Morgan fingerprint density at radius 1 is 0.974 bits per heavy atom. The summed E-state index contributed by atoms with van der Waals surface area (Å²) in [6, 6.07) is 17.8. The van der Waals surface area contributed by atoms with E-state index in [4.69, 9.17) is 11.6 Å². The van der Waals surface area contributed by atoms with Gasteiger partial charge >= 0.3 is 6.18 Å². The molecule has 196 valence electrons. The molecule has 0 bridgehead atoms. The van der Waals surface area contributed by atoms with Crippen molar-refractivity contribution in [3.05, 3.63) is 93.3 Å². The minimum absolute atomic E-state index is 0.181. The molecule has 0 unspecified atom stereocenters. The van der Waals surface area contributed by atoms with Crippen molar-refractivity contribution in [2.45, 2.75) is 11.1 Å². The summed E-state index contributed by atoms with van der Waals surface area (Å²) in [5, 5.41) is 0.552. The van der Waals surface area contributed by atoms with Crippen LogP contribution in [0.4, 0.5) is 24.5 Å². The summed E-state index contributed by atoms with van der Waals surface area (Å²) >= 11 is 7.59. The molecule has 0 saturated carbocycles. The number of thioether (sulfide) groups is 1. The SMILES string of the molecule is CN1C(=O)C(=Cc2ccccc2Cl)Sc2ccc(C(=O)N3CCN(c4cccc(C(F)(F)F)c4)CC3)cc21. The van der Waals surface area contributed by atoms with Gasteiger partial charge in [-0.15, -0.1) is 0 Å². The molecule has 3 aromatic rings. The Bertz CT molecular complexity index is 1430. The Morgan fingerprint density at radius 3 is 2.42 bits per heavy atom. The molecule has 0 radical (unpaired) electrons. The molecule has 2 aliphatic rings. The summed E-state index contributed by atoms with van der Waals surface area (Å²) in [4.78, 5) is 32.8. The minimum Gasteiger partial charge on any atom is -0.368 e. The number of likely N-dealkylation sites (N-methyl/N-ethyl adjacent to an activating group) is 1. The van der Waals surface area contributed by atoms with E-state index in [9.17, 15) is 22.8 Å². The quantitative estimate of drug-likeness (QED) is 0.348. The summed E-state index contributed by atoms with van der Waals surface area (Å²) < 4.78 is 39.3. The molecule has 2 heterocycles. The second kappa shape index (κ2) is 10.4. The lowest BCUT2D eigenvalue weighted by molar-refractivity contribution is -0.137. The smallest absolute Gasteiger partial charge is 0.368 e. The number of hydrogen-bond acceptors (Lipinski definition) is 4. The Kier molecular flexibility index (Phi) is 7.15. The molecule has 10 heteroatoms. The van der Waals surface area contributed by atoms with Crippen molar-refractivity contribution >= 4 is 52.6 Å². The predicted octanol–water partition coefficient (Wildman–Crippen LogP) is 6.43. The number of anilines is 2. The number of piperazine rings is 1. The fourth-order valence-corrected chi connectivity index (χ4v) is 5.76. The lowest BCUT2D eigenvalue weighted by Gasteiger charge is -2.36. The molecule has 0 spiro atoms. The van der Waals surface area contributed by atoms with Crippen molar-refractivity contribution in [3.8, 4) is 0 Å². The third-order valence-electron chi connectivity index (χ3n) is 6.60. The van der Waals surface area contributed by atoms with E-state index in [2.05, 4.69) is 0 Å². The van der Waals surface area contributed by atoms with Gasteiger partial charge in [-0.2, -0.15) is 13.2 Å². The molecule has 38 heavy (non-hydrogen) atoms. The molecule has 0 aromatic heterocycles. The van der Waals surface area contributed by atoms with Gasteiger partial charge in [0.05, 0.1) is 16.2 Å². The largest absolute Gasteiger partial charge is 0.416 e. The third kappa shape index (κ3) is 5.26. The minimum atomic E-state index is -4.40. The van der Waals surface area contributed by atoms with Crippen LogP contribution < -0.4 is 9.80 Å². The van der Waals surface area contributed by atoms with E-state index in [1.165, 1.54) is 22.7 Å². The molecule has 0 atom stereocenters. The molecular weight excluding hydrogens is 535 g/mol. The molecule has 0 aliphatic carbocycles. The normalized spacial score (nSPS) is 17.1. The molecule has 1 fully saturated rings. The van der Waals surface area contributed by atoms with Gasteiger partial charge in [-0.25, -0.2) is 0 Å². The number of fused-ring (bicyclic) bond motifs is 1. The van der Waals surface area contributed by atoms with Gasteiger partial charge in [0.25, 0.3) is 11.8 Å². The zero-order chi connectivity index (χ0) is 27.0. The van der Waals surface area contributed by atoms with Gasteiger partial charge in [0, 0.05) is 54.4 Å². The molecule has 0 N–H and O–H groups in total. The lowest BCUT2D eigenvalue weighted by atomic mass is 10.1. The van der Waals surface area contributed by atoms with Gasteiger partial charge < -0.3 is 14.7 Å². The Morgan fingerprint density at radius 2 is 1.71 bits per heavy atom. The van der Waals surface area contributed by atoms with Gasteiger partial charge in [0.15, 0.2) is 0 Å². The van der Waals surface area contributed by atoms with Crippen LogP contribution in [0.5, 0.6) is 0 Å². The number of halogens is 4. The van der Waals surface area contributed by atoms with Crippen molar-refractivity contribution in [3.63, 3.8) is 0 Å². The lowest BCUT2D eigenvalue weighted by Crippen LogP contribution is -2.48. The molecule has 5 nitrogen and oxygen atoms in total. The maximum absolute atomic E-state index is 13.3. The predicted molar refractivity (Wildman–Crippen MR) is 145 cm³/mol. The van der Waals surface area contributed by atoms with E-state index in [-0.39, 0.29) is 11.8 Å². The van der Waals surface area contributed by atoms with Crippen LogP contribution in [0, 0.1) is 0 Å². The second-order valence-corrected chi connectivity index (χ2v) is 10.5. The zero-order valence-corrected chi connectivity index (χ0v) is 21.9. The van der Waals surface area contributed by atoms with E-state index < -0.39 is 11.7 Å². The van der Waals surface area contributed by atoms with E-state index in [0.29, 0.717) is 53.0 Å². The average molecular weight is 558 g/mol. The van der Waals surface area contributed by atoms with E-state index in [1.807, 2.05) is 29.2 Å². The fourth-order valence-electron chi connectivity index (χ4n) is 4.49. The first-order valence-electron chi connectivity index (χ1n) is 11.9. The first-order valence-corrected chi connectivity index (χ1v) is 13.1. The van der Waals surface area contributed by atoms with E-state index in [1.54, 1.807) is 42.3 Å². The number of hydrogen-bond donors (Lipinski definition) is 0. The summed E-state index contributed by atoms with van der Waals surface area (Å²) in [7, 11) is 1.67. The highest BCUT2D eigenvalue weighted by Crippen LogP contribution is 2.42. The molecular formula is C28H23ClF3N3O2S. The first-order chi connectivity index (χ1) is 18.1.